The fourth-order valence-corrected chi connectivity index (χ4v) is 2.64. The number of aryl methyl sites for hydroxylation is 1. The van der Waals surface area contributed by atoms with Gasteiger partial charge in [-0.25, -0.2) is 0 Å². The Morgan fingerprint density at radius 3 is 2.81 bits per heavy atom. The maximum absolute atomic E-state index is 11.2. The van der Waals surface area contributed by atoms with Gasteiger partial charge in [0, 0.05) is 6.61 Å². The Labute approximate surface area is 126 Å². The Balaban J connectivity index is 2.09. The number of rotatable bonds is 6. The van der Waals surface area contributed by atoms with E-state index in [1.165, 1.54) is 0 Å². The molecule has 1 fully saturated rings. The van der Waals surface area contributed by atoms with Crippen LogP contribution in [0.2, 0.25) is 0 Å². The molecule has 2 unspecified atom stereocenters. The van der Waals surface area contributed by atoms with E-state index < -0.39 is 16.2 Å². The first-order chi connectivity index (χ1) is 9.94. The smallest absolute Gasteiger partial charge is 0.264 e. The lowest BCUT2D eigenvalue weighted by atomic mass is 10.1. The second kappa shape index (κ2) is 7.35. The molecule has 6 heteroatoms. The van der Waals surface area contributed by atoms with E-state index in [2.05, 4.69) is 0 Å². The molecule has 5 nitrogen and oxygen atoms in total. The number of hydrogen-bond donors (Lipinski definition) is 0. The van der Waals surface area contributed by atoms with Crippen molar-refractivity contribution in [3.05, 3.63) is 35.4 Å². The molecule has 1 heterocycles. The van der Waals surface area contributed by atoms with E-state index in [1.54, 1.807) is 0 Å². The summed E-state index contributed by atoms with van der Waals surface area (Å²) < 4.78 is 38.8. The molecule has 0 amide bonds. The average Bonchev–Trinajstić information content (AvgIpc) is 2.43. The van der Waals surface area contributed by atoms with Gasteiger partial charge in [0.2, 0.25) is 0 Å². The maximum Gasteiger partial charge on any atom is 0.264 e. The highest BCUT2D eigenvalue weighted by atomic mass is 32.2. The molecule has 0 saturated carbocycles. The van der Waals surface area contributed by atoms with E-state index in [0.29, 0.717) is 6.61 Å². The standard InChI is InChI=1S/C15H22O5S/c1-12-6-5-7-13(10-12)14(11-19-21(2,16)17)20-15-8-3-4-9-18-15/h5-7,10,14-15H,3-4,8-9,11H2,1-2H3. The van der Waals surface area contributed by atoms with Crippen LogP contribution in [-0.4, -0.2) is 34.2 Å². The summed E-state index contributed by atoms with van der Waals surface area (Å²) in [7, 11) is -3.50. The molecular weight excluding hydrogens is 292 g/mol. The van der Waals surface area contributed by atoms with Crippen LogP contribution in [0.4, 0.5) is 0 Å². The van der Waals surface area contributed by atoms with Crippen LogP contribution in [0.3, 0.4) is 0 Å². The molecule has 1 saturated heterocycles. The van der Waals surface area contributed by atoms with Gasteiger partial charge in [-0.05, 0) is 31.7 Å². The Kier molecular flexibility index (Phi) is 5.75. The molecule has 0 radical (unpaired) electrons. The molecule has 0 bridgehead atoms. The Hall–Kier alpha value is -0.950. The third kappa shape index (κ3) is 5.74. The fourth-order valence-electron chi connectivity index (χ4n) is 2.27. The summed E-state index contributed by atoms with van der Waals surface area (Å²) in [5.74, 6) is 0. The summed E-state index contributed by atoms with van der Waals surface area (Å²) in [6.45, 7) is 2.62. The molecule has 0 aliphatic carbocycles. The highest BCUT2D eigenvalue weighted by Gasteiger charge is 2.22. The number of hydrogen-bond acceptors (Lipinski definition) is 5. The molecule has 1 aromatic rings. The summed E-state index contributed by atoms with van der Waals surface area (Å²) in [5.41, 5.74) is 1.98. The predicted molar refractivity (Wildman–Crippen MR) is 79.4 cm³/mol. The third-order valence-corrected chi connectivity index (χ3v) is 3.87. The summed E-state index contributed by atoms with van der Waals surface area (Å²) in [4.78, 5) is 0. The quantitative estimate of drug-likeness (QED) is 0.755. The van der Waals surface area contributed by atoms with Gasteiger partial charge in [0.25, 0.3) is 10.1 Å². The summed E-state index contributed by atoms with van der Waals surface area (Å²) in [6, 6.07) is 7.78. The zero-order chi connectivity index (χ0) is 15.3. The number of benzene rings is 1. The predicted octanol–water partition coefficient (Wildman–Crippen LogP) is 2.56. The summed E-state index contributed by atoms with van der Waals surface area (Å²) in [5, 5.41) is 0. The molecule has 1 aromatic carbocycles. The van der Waals surface area contributed by atoms with E-state index in [0.717, 1.165) is 36.6 Å². The lowest BCUT2D eigenvalue weighted by molar-refractivity contribution is -0.195. The van der Waals surface area contributed by atoms with E-state index in [-0.39, 0.29) is 12.9 Å². The van der Waals surface area contributed by atoms with E-state index in [9.17, 15) is 8.42 Å². The second-order valence-electron chi connectivity index (χ2n) is 5.32. The molecule has 0 aromatic heterocycles. The minimum absolute atomic E-state index is 0.0395. The van der Waals surface area contributed by atoms with Crippen LogP contribution >= 0.6 is 0 Å². The average molecular weight is 314 g/mol. The van der Waals surface area contributed by atoms with Crippen LogP contribution in [0.25, 0.3) is 0 Å². The van der Waals surface area contributed by atoms with Crippen molar-refractivity contribution >= 4 is 10.1 Å². The zero-order valence-electron chi connectivity index (χ0n) is 12.4. The molecular formula is C15H22O5S. The minimum Gasteiger partial charge on any atom is -0.353 e. The monoisotopic (exact) mass is 314 g/mol. The molecule has 1 aliphatic rings. The van der Waals surface area contributed by atoms with Gasteiger partial charge >= 0.3 is 0 Å². The molecule has 21 heavy (non-hydrogen) atoms. The number of ether oxygens (including phenoxy) is 2. The van der Waals surface area contributed by atoms with Crippen molar-refractivity contribution in [3.63, 3.8) is 0 Å². The maximum atomic E-state index is 11.2. The van der Waals surface area contributed by atoms with E-state index in [4.69, 9.17) is 13.7 Å². The van der Waals surface area contributed by atoms with Gasteiger partial charge < -0.3 is 9.47 Å². The summed E-state index contributed by atoms with van der Waals surface area (Å²) in [6.07, 6.45) is 3.20. The van der Waals surface area contributed by atoms with E-state index in [1.807, 2.05) is 31.2 Å². The van der Waals surface area contributed by atoms with Gasteiger partial charge in [-0.3, -0.25) is 4.18 Å². The normalized spacial score (nSPS) is 21.1. The molecule has 2 rings (SSSR count). The topological polar surface area (TPSA) is 61.8 Å². The molecule has 118 valence electrons. The SMILES string of the molecule is Cc1cccc(C(COS(C)(=O)=O)OC2CCCCO2)c1. The van der Waals surface area contributed by atoms with Crippen molar-refractivity contribution in [2.45, 2.75) is 38.6 Å². The van der Waals surface area contributed by atoms with Crippen molar-refractivity contribution in [1.82, 2.24) is 0 Å². The van der Waals surface area contributed by atoms with E-state index >= 15 is 0 Å². The minimum atomic E-state index is -3.50. The van der Waals surface area contributed by atoms with Crippen molar-refractivity contribution < 1.29 is 22.1 Å². The van der Waals surface area contributed by atoms with Gasteiger partial charge in [-0.1, -0.05) is 29.8 Å². The van der Waals surface area contributed by atoms with Crippen LogP contribution in [0.15, 0.2) is 24.3 Å². The second-order valence-corrected chi connectivity index (χ2v) is 6.97. The summed E-state index contributed by atoms with van der Waals surface area (Å²) >= 11 is 0. The molecule has 2 atom stereocenters. The van der Waals surface area contributed by atoms with Crippen molar-refractivity contribution in [2.75, 3.05) is 19.5 Å². The lowest BCUT2D eigenvalue weighted by Crippen LogP contribution is -2.27. The van der Waals surface area contributed by atoms with Gasteiger partial charge in [-0.15, -0.1) is 0 Å². The lowest BCUT2D eigenvalue weighted by Gasteiger charge is -2.27. The first kappa shape index (κ1) is 16.4. The van der Waals surface area contributed by atoms with Gasteiger partial charge in [0.15, 0.2) is 6.29 Å². The van der Waals surface area contributed by atoms with Crippen molar-refractivity contribution in [2.24, 2.45) is 0 Å². The van der Waals surface area contributed by atoms with Gasteiger partial charge in [0.05, 0.1) is 12.9 Å². The highest BCUT2D eigenvalue weighted by Crippen LogP contribution is 2.25. The Bertz CT molecular complexity index is 549. The van der Waals surface area contributed by atoms with Crippen molar-refractivity contribution in [3.8, 4) is 0 Å². The van der Waals surface area contributed by atoms with Crippen LogP contribution in [-0.2, 0) is 23.8 Å². The largest absolute Gasteiger partial charge is 0.353 e. The molecule has 0 N–H and O–H groups in total. The first-order valence-electron chi connectivity index (χ1n) is 7.12. The zero-order valence-corrected chi connectivity index (χ0v) is 13.3. The van der Waals surface area contributed by atoms with Gasteiger partial charge in [0.1, 0.15) is 6.10 Å². The molecule has 1 aliphatic heterocycles. The Morgan fingerprint density at radius 2 is 2.19 bits per heavy atom. The molecule has 0 spiro atoms. The van der Waals surface area contributed by atoms with Gasteiger partial charge in [-0.2, -0.15) is 8.42 Å². The van der Waals surface area contributed by atoms with Crippen LogP contribution in [0.5, 0.6) is 0 Å². The fraction of sp³-hybridized carbons (Fsp3) is 0.600. The third-order valence-electron chi connectivity index (χ3n) is 3.30. The van der Waals surface area contributed by atoms with Crippen LogP contribution in [0.1, 0.15) is 36.5 Å². The first-order valence-corrected chi connectivity index (χ1v) is 8.94. The highest BCUT2D eigenvalue weighted by molar-refractivity contribution is 7.85. The van der Waals surface area contributed by atoms with Crippen LogP contribution in [0, 0.1) is 6.92 Å². The Morgan fingerprint density at radius 1 is 1.38 bits per heavy atom. The van der Waals surface area contributed by atoms with Crippen molar-refractivity contribution in [1.29, 1.82) is 0 Å². The van der Waals surface area contributed by atoms with Crippen LogP contribution < -0.4 is 0 Å².